The van der Waals surface area contributed by atoms with Gasteiger partial charge in [-0.15, -0.1) is 0 Å². The van der Waals surface area contributed by atoms with Crippen molar-refractivity contribution in [3.05, 3.63) is 0 Å². The van der Waals surface area contributed by atoms with Gasteiger partial charge in [0.25, 0.3) is 0 Å². The standard InChI is InChI=1S/C8H17N.Li.H/c1-2-6-9-7-4-3-5-8-9;;/h2-8H2,1H3;;/q;+1;-1. The molecule has 0 unspecified atom stereocenters. The van der Waals surface area contributed by atoms with E-state index in [0.29, 0.717) is 0 Å². The van der Waals surface area contributed by atoms with E-state index < -0.39 is 0 Å². The van der Waals surface area contributed by atoms with Crippen LogP contribution in [0, 0.1) is 0 Å². The molecule has 1 rings (SSSR count). The van der Waals surface area contributed by atoms with Gasteiger partial charge in [-0.05, 0) is 38.9 Å². The fourth-order valence-corrected chi connectivity index (χ4v) is 1.50. The molecular weight excluding hydrogens is 117 g/mol. The van der Waals surface area contributed by atoms with Crippen LogP contribution in [0.25, 0.3) is 0 Å². The van der Waals surface area contributed by atoms with Crippen LogP contribution in [0.5, 0.6) is 0 Å². The topological polar surface area (TPSA) is 3.24 Å². The Hall–Kier alpha value is 0.557. The van der Waals surface area contributed by atoms with Crippen molar-refractivity contribution in [2.75, 3.05) is 19.6 Å². The number of hydrogen-bond donors (Lipinski definition) is 0. The third-order valence-electron chi connectivity index (χ3n) is 1.99. The molecule has 0 spiro atoms. The Labute approximate surface area is 77.8 Å². The van der Waals surface area contributed by atoms with Crippen LogP contribution in [0.4, 0.5) is 0 Å². The van der Waals surface area contributed by atoms with E-state index in [0.717, 1.165) is 0 Å². The molecule has 1 heterocycles. The van der Waals surface area contributed by atoms with Crippen molar-refractivity contribution in [3.8, 4) is 0 Å². The summed E-state index contributed by atoms with van der Waals surface area (Å²) in [7, 11) is 0. The van der Waals surface area contributed by atoms with E-state index in [1.54, 1.807) is 0 Å². The average Bonchev–Trinajstić information content (AvgIpc) is 1.91. The molecule has 10 heavy (non-hydrogen) atoms. The van der Waals surface area contributed by atoms with Gasteiger partial charge in [0.05, 0.1) is 0 Å². The van der Waals surface area contributed by atoms with Crippen LogP contribution >= 0.6 is 0 Å². The van der Waals surface area contributed by atoms with E-state index in [1.165, 1.54) is 45.3 Å². The number of hydrogen-bond acceptors (Lipinski definition) is 1. The predicted molar refractivity (Wildman–Crippen MR) is 41.7 cm³/mol. The van der Waals surface area contributed by atoms with Crippen molar-refractivity contribution in [1.82, 2.24) is 4.90 Å². The van der Waals surface area contributed by atoms with Crippen LogP contribution in [0.1, 0.15) is 34.0 Å². The van der Waals surface area contributed by atoms with Crippen molar-refractivity contribution in [1.29, 1.82) is 0 Å². The molecule has 0 aromatic heterocycles. The number of nitrogens with zero attached hydrogens (tertiary/aromatic N) is 1. The van der Waals surface area contributed by atoms with Gasteiger partial charge in [-0.2, -0.15) is 0 Å². The van der Waals surface area contributed by atoms with Gasteiger partial charge in [0.2, 0.25) is 0 Å². The minimum atomic E-state index is 0. The molecular formula is C8H18LiN. The zero-order chi connectivity index (χ0) is 6.53. The maximum absolute atomic E-state index is 2.57. The van der Waals surface area contributed by atoms with Crippen LogP contribution in [0.2, 0.25) is 0 Å². The normalized spacial score (nSPS) is 20.1. The van der Waals surface area contributed by atoms with E-state index in [4.69, 9.17) is 0 Å². The van der Waals surface area contributed by atoms with E-state index >= 15 is 0 Å². The molecule has 0 radical (unpaired) electrons. The summed E-state index contributed by atoms with van der Waals surface area (Å²) in [5.74, 6) is 0. The summed E-state index contributed by atoms with van der Waals surface area (Å²) in [5.41, 5.74) is 0. The molecule has 0 aromatic rings. The van der Waals surface area contributed by atoms with E-state index in [1.807, 2.05) is 0 Å². The first-order chi connectivity index (χ1) is 4.43. The van der Waals surface area contributed by atoms with Crippen molar-refractivity contribution < 1.29 is 20.3 Å². The monoisotopic (exact) mass is 135 g/mol. The number of likely N-dealkylation sites (tertiary alicyclic amines) is 1. The Balaban J connectivity index is 0. The molecule has 0 N–H and O–H groups in total. The summed E-state index contributed by atoms with van der Waals surface area (Å²) in [5, 5.41) is 0. The number of piperidine rings is 1. The number of rotatable bonds is 2. The molecule has 1 saturated heterocycles. The summed E-state index contributed by atoms with van der Waals surface area (Å²) >= 11 is 0. The summed E-state index contributed by atoms with van der Waals surface area (Å²) in [6, 6.07) is 0. The molecule has 1 aliphatic rings. The molecule has 0 bridgehead atoms. The third-order valence-corrected chi connectivity index (χ3v) is 1.99. The summed E-state index contributed by atoms with van der Waals surface area (Å²) in [6.07, 6.45) is 5.64. The molecule has 0 saturated carbocycles. The first kappa shape index (κ1) is 10.6. The summed E-state index contributed by atoms with van der Waals surface area (Å²) in [4.78, 5) is 2.57. The first-order valence-electron chi connectivity index (χ1n) is 4.16. The van der Waals surface area contributed by atoms with Crippen LogP contribution in [-0.2, 0) is 0 Å². The van der Waals surface area contributed by atoms with Crippen LogP contribution in [0.3, 0.4) is 0 Å². The van der Waals surface area contributed by atoms with Gasteiger partial charge in [-0.1, -0.05) is 13.3 Å². The molecule has 2 heteroatoms. The zero-order valence-corrected chi connectivity index (χ0v) is 7.40. The molecule has 56 valence electrons. The molecule has 0 aromatic carbocycles. The average molecular weight is 135 g/mol. The van der Waals surface area contributed by atoms with Crippen molar-refractivity contribution in [2.45, 2.75) is 32.6 Å². The third kappa shape index (κ3) is 3.66. The Morgan fingerprint density at radius 2 is 1.80 bits per heavy atom. The first-order valence-corrected chi connectivity index (χ1v) is 4.16. The molecule has 0 aliphatic carbocycles. The van der Waals surface area contributed by atoms with Gasteiger partial charge >= 0.3 is 18.9 Å². The van der Waals surface area contributed by atoms with Crippen LogP contribution in [-0.4, -0.2) is 24.5 Å². The largest absolute Gasteiger partial charge is 1.00 e. The summed E-state index contributed by atoms with van der Waals surface area (Å²) < 4.78 is 0. The van der Waals surface area contributed by atoms with Gasteiger partial charge in [0, 0.05) is 0 Å². The van der Waals surface area contributed by atoms with Crippen molar-refractivity contribution in [3.63, 3.8) is 0 Å². The molecule has 0 atom stereocenters. The SMILES string of the molecule is CCCN1CCCCC1.[H-].[Li+]. The Morgan fingerprint density at radius 3 is 2.30 bits per heavy atom. The minimum absolute atomic E-state index is 0. The second-order valence-electron chi connectivity index (χ2n) is 2.90. The van der Waals surface area contributed by atoms with E-state index in [9.17, 15) is 0 Å². The second-order valence-corrected chi connectivity index (χ2v) is 2.90. The molecule has 1 aliphatic heterocycles. The molecule has 1 nitrogen and oxygen atoms in total. The molecule has 1 fully saturated rings. The quantitative estimate of drug-likeness (QED) is 0.439. The second kappa shape index (κ2) is 6.28. The van der Waals surface area contributed by atoms with Gasteiger partial charge in [0.1, 0.15) is 0 Å². The van der Waals surface area contributed by atoms with Crippen molar-refractivity contribution >= 4 is 0 Å². The van der Waals surface area contributed by atoms with Gasteiger partial charge in [0.15, 0.2) is 0 Å². The van der Waals surface area contributed by atoms with Gasteiger partial charge in [-0.25, -0.2) is 0 Å². The molecule has 0 amide bonds. The maximum atomic E-state index is 2.57. The van der Waals surface area contributed by atoms with Gasteiger partial charge in [-0.3, -0.25) is 0 Å². The Bertz CT molecular complexity index is 71.7. The minimum Gasteiger partial charge on any atom is -1.00 e. The van der Waals surface area contributed by atoms with Crippen LogP contribution in [0.15, 0.2) is 0 Å². The fraction of sp³-hybridized carbons (Fsp3) is 1.00. The summed E-state index contributed by atoms with van der Waals surface area (Å²) in [6.45, 7) is 6.29. The van der Waals surface area contributed by atoms with Gasteiger partial charge < -0.3 is 6.33 Å². The van der Waals surface area contributed by atoms with Crippen molar-refractivity contribution in [2.24, 2.45) is 0 Å². The zero-order valence-electron chi connectivity index (χ0n) is 8.40. The maximum Gasteiger partial charge on any atom is 1.00 e. The smallest absolute Gasteiger partial charge is 1.00 e. The van der Waals surface area contributed by atoms with E-state index in [-0.39, 0.29) is 20.3 Å². The fourth-order valence-electron chi connectivity index (χ4n) is 1.50. The Kier molecular flexibility index (Phi) is 6.63. The van der Waals surface area contributed by atoms with E-state index in [2.05, 4.69) is 11.8 Å². The Morgan fingerprint density at radius 1 is 1.20 bits per heavy atom. The van der Waals surface area contributed by atoms with Crippen LogP contribution < -0.4 is 18.9 Å². The predicted octanol–water partition coefficient (Wildman–Crippen LogP) is -1.00.